The number of ether oxygens (including phenoxy) is 2. The van der Waals surface area contributed by atoms with Crippen LogP contribution in [-0.4, -0.2) is 37.3 Å². The molecule has 1 aromatic carbocycles. The van der Waals surface area contributed by atoms with Crippen molar-refractivity contribution in [2.45, 2.75) is 13.1 Å². The van der Waals surface area contributed by atoms with Gasteiger partial charge in [-0.25, -0.2) is 18.6 Å². The van der Waals surface area contributed by atoms with E-state index in [4.69, 9.17) is 9.47 Å². The zero-order chi connectivity index (χ0) is 21.6. The highest BCUT2D eigenvalue weighted by molar-refractivity contribution is 6.11. The first-order valence-electron chi connectivity index (χ1n) is 8.85. The maximum Gasteiger partial charge on any atom is 0.329 e. The van der Waals surface area contributed by atoms with Gasteiger partial charge in [0.1, 0.15) is 17.9 Å². The number of anilines is 2. The maximum atomic E-state index is 15.0. The molecule has 3 heterocycles. The van der Waals surface area contributed by atoms with Gasteiger partial charge in [0, 0.05) is 42.0 Å². The highest BCUT2D eigenvalue weighted by Crippen LogP contribution is 2.42. The molecular formula is C19H17F2N5O4. The summed E-state index contributed by atoms with van der Waals surface area (Å²) in [5.41, 5.74) is 1.49. The number of nitrogens with zero attached hydrogens (tertiary/aromatic N) is 4. The topological polar surface area (TPSA) is 100 Å². The van der Waals surface area contributed by atoms with Crippen molar-refractivity contribution in [1.29, 1.82) is 0 Å². The van der Waals surface area contributed by atoms with Crippen LogP contribution in [0.15, 0.2) is 23.6 Å². The van der Waals surface area contributed by atoms with E-state index >= 15 is 0 Å². The number of benzene rings is 1. The summed E-state index contributed by atoms with van der Waals surface area (Å²) in [4.78, 5) is 33.4. The molecule has 0 radical (unpaired) electrons. The number of fused-ring (bicyclic) bond motifs is 3. The van der Waals surface area contributed by atoms with Gasteiger partial charge in [-0.15, -0.1) is 0 Å². The number of aromatic nitrogens is 2. The van der Waals surface area contributed by atoms with Crippen molar-refractivity contribution in [3.05, 3.63) is 46.1 Å². The number of rotatable bonds is 5. The van der Waals surface area contributed by atoms with Crippen LogP contribution in [-0.2, 0) is 13.1 Å². The molecule has 1 N–H and O–H groups in total. The lowest BCUT2D eigenvalue weighted by Crippen LogP contribution is -2.46. The molecule has 0 aliphatic carbocycles. The minimum Gasteiger partial charge on any atom is -0.493 e. The molecule has 156 valence electrons. The minimum atomic E-state index is -1.03. The Morgan fingerprint density at radius 2 is 1.87 bits per heavy atom. The van der Waals surface area contributed by atoms with Crippen molar-refractivity contribution in [1.82, 2.24) is 9.97 Å². The third kappa shape index (κ3) is 2.73. The maximum absolute atomic E-state index is 15.0. The van der Waals surface area contributed by atoms with Crippen molar-refractivity contribution in [3.63, 3.8) is 0 Å². The number of methoxy groups -OCH3 is 2. The number of nitroso groups, excluding NO2 is 1. The second kappa shape index (κ2) is 7.25. The molecular weight excluding hydrogens is 400 g/mol. The molecule has 30 heavy (non-hydrogen) atoms. The number of halogens is 2. The fraction of sp³-hybridized carbons (Fsp3) is 0.263. The molecule has 0 fully saturated rings. The van der Waals surface area contributed by atoms with E-state index in [0.717, 1.165) is 11.0 Å². The predicted octanol–water partition coefficient (Wildman–Crippen LogP) is 3.70. The Morgan fingerprint density at radius 1 is 1.20 bits per heavy atom. The molecule has 0 bridgehead atoms. The first-order valence-corrected chi connectivity index (χ1v) is 8.85. The van der Waals surface area contributed by atoms with Crippen LogP contribution in [0.1, 0.15) is 11.1 Å². The van der Waals surface area contributed by atoms with Gasteiger partial charge in [-0.1, -0.05) is 5.18 Å². The fourth-order valence-corrected chi connectivity index (χ4v) is 3.67. The van der Waals surface area contributed by atoms with Crippen molar-refractivity contribution in [3.8, 4) is 11.5 Å². The first kappa shape index (κ1) is 19.6. The number of amides is 2. The van der Waals surface area contributed by atoms with E-state index in [2.05, 4.69) is 15.1 Å². The molecule has 1 aliphatic rings. The standard InChI is InChI=1S/C19H17F2N5O4/c1-25-16-10(6-23-18-13(16)9(5-22-18)7-24-28)8-26(19(25)27)17-14(20)11(29-2)4-12(30-3)15(17)21/h4-6H,7-8H2,1-3H3,(H,22,23). The van der Waals surface area contributed by atoms with Gasteiger partial charge in [0.25, 0.3) is 0 Å². The van der Waals surface area contributed by atoms with Gasteiger partial charge in [0.05, 0.1) is 26.5 Å². The Hall–Kier alpha value is -3.76. The highest BCUT2D eigenvalue weighted by atomic mass is 19.1. The van der Waals surface area contributed by atoms with E-state index in [1.807, 2.05) is 0 Å². The lowest BCUT2D eigenvalue weighted by molar-refractivity contribution is 0.250. The molecule has 1 aliphatic heterocycles. The third-order valence-electron chi connectivity index (χ3n) is 5.07. The van der Waals surface area contributed by atoms with Crippen LogP contribution in [0, 0.1) is 16.5 Å². The molecule has 0 saturated heterocycles. The minimum absolute atomic E-state index is 0.111. The molecule has 4 rings (SSSR count). The van der Waals surface area contributed by atoms with Crippen molar-refractivity contribution >= 4 is 28.4 Å². The molecule has 0 unspecified atom stereocenters. The second-order valence-corrected chi connectivity index (χ2v) is 6.64. The summed E-state index contributed by atoms with van der Waals surface area (Å²) < 4.78 is 39.9. The van der Waals surface area contributed by atoms with Crippen LogP contribution in [0.25, 0.3) is 11.0 Å². The number of carbonyl (C=O) groups excluding carboxylic acids is 1. The van der Waals surface area contributed by atoms with Crippen molar-refractivity contribution in [2.75, 3.05) is 31.1 Å². The van der Waals surface area contributed by atoms with Crippen LogP contribution < -0.4 is 19.3 Å². The Kier molecular flexibility index (Phi) is 4.72. The molecule has 0 saturated carbocycles. The average molecular weight is 417 g/mol. The third-order valence-corrected chi connectivity index (χ3v) is 5.07. The van der Waals surface area contributed by atoms with Crippen LogP contribution in [0.5, 0.6) is 11.5 Å². The number of hydrogen-bond donors (Lipinski definition) is 1. The van der Waals surface area contributed by atoms with Crippen LogP contribution in [0.3, 0.4) is 0 Å². The van der Waals surface area contributed by atoms with E-state index in [0.29, 0.717) is 27.8 Å². The normalized spacial score (nSPS) is 13.6. The van der Waals surface area contributed by atoms with E-state index in [1.165, 1.54) is 32.4 Å². The quantitative estimate of drug-likeness (QED) is 0.638. The number of pyridine rings is 1. The van der Waals surface area contributed by atoms with Crippen LogP contribution >= 0.6 is 0 Å². The number of carbonyl (C=O) groups is 1. The lowest BCUT2D eigenvalue weighted by Gasteiger charge is -2.35. The number of aromatic amines is 1. The molecule has 0 spiro atoms. The van der Waals surface area contributed by atoms with Crippen molar-refractivity contribution in [2.24, 2.45) is 5.18 Å². The first-order chi connectivity index (χ1) is 14.4. The second-order valence-electron chi connectivity index (χ2n) is 6.64. The summed E-state index contributed by atoms with van der Waals surface area (Å²) in [6.45, 7) is -0.259. The molecule has 11 heteroatoms. The summed E-state index contributed by atoms with van der Waals surface area (Å²) in [6, 6.07) is 0.401. The molecule has 9 nitrogen and oxygen atoms in total. The van der Waals surface area contributed by atoms with Gasteiger partial charge in [-0.3, -0.25) is 9.80 Å². The van der Waals surface area contributed by atoms with E-state index in [1.54, 1.807) is 6.20 Å². The summed E-state index contributed by atoms with van der Waals surface area (Å²) in [6.07, 6.45) is 3.10. The lowest BCUT2D eigenvalue weighted by atomic mass is 10.1. The SMILES string of the molecule is COc1cc(OC)c(F)c(N2Cc3cnc4[nH]cc(CN=O)c4c3N(C)C2=O)c1F. The summed E-state index contributed by atoms with van der Waals surface area (Å²) in [5, 5.41) is 3.47. The largest absolute Gasteiger partial charge is 0.493 e. The van der Waals surface area contributed by atoms with E-state index < -0.39 is 23.4 Å². The monoisotopic (exact) mass is 417 g/mol. The van der Waals surface area contributed by atoms with Crippen LogP contribution in [0.2, 0.25) is 0 Å². The van der Waals surface area contributed by atoms with Gasteiger partial charge < -0.3 is 14.5 Å². The zero-order valence-corrected chi connectivity index (χ0v) is 16.3. The summed E-state index contributed by atoms with van der Waals surface area (Å²) in [7, 11) is 3.94. The predicted molar refractivity (Wildman–Crippen MR) is 105 cm³/mol. The number of urea groups is 1. The zero-order valence-electron chi connectivity index (χ0n) is 16.3. The van der Waals surface area contributed by atoms with E-state index in [-0.39, 0.29) is 24.6 Å². The molecule has 2 amide bonds. The van der Waals surface area contributed by atoms with Crippen molar-refractivity contribution < 1.29 is 23.0 Å². The number of hydrogen-bond acceptors (Lipinski definition) is 6. The van der Waals surface area contributed by atoms with Gasteiger partial charge in [0.2, 0.25) is 0 Å². The highest BCUT2D eigenvalue weighted by Gasteiger charge is 2.36. The Labute approximate surface area is 169 Å². The number of nitrogens with one attached hydrogen (secondary N) is 1. The molecule has 0 atom stereocenters. The van der Waals surface area contributed by atoms with Gasteiger partial charge in [-0.05, 0) is 0 Å². The summed E-state index contributed by atoms with van der Waals surface area (Å²) in [5.74, 6) is -2.57. The van der Waals surface area contributed by atoms with Crippen LogP contribution in [0.4, 0.5) is 25.0 Å². The van der Waals surface area contributed by atoms with E-state index in [9.17, 15) is 18.5 Å². The average Bonchev–Trinajstić information content (AvgIpc) is 3.15. The van der Waals surface area contributed by atoms with Gasteiger partial charge in [0.15, 0.2) is 23.1 Å². The Bertz CT molecular complexity index is 1150. The summed E-state index contributed by atoms with van der Waals surface area (Å²) >= 11 is 0. The smallest absolute Gasteiger partial charge is 0.329 e. The Morgan fingerprint density at radius 3 is 2.47 bits per heavy atom. The fourth-order valence-electron chi connectivity index (χ4n) is 3.67. The number of H-pyrrole nitrogens is 1. The van der Waals surface area contributed by atoms with Gasteiger partial charge in [-0.2, -0.15) is 4.91 Å². The van der Waals surface area contributed by atoms with Gasteiger partial charge >= 0.3 is 6.03 Å². The molecule has 3 aromatic rings. The molecule has 2 aromatic heterocycles. The Balaban J connectivity index is 1.91.